The summed E-state index contributed by atoms with van der Waals surface area (Å²) in [5, 5.41) is 2.39. The van der Waals surface area contributed by atoms with Gasteiger partial charge in [-0.1, -0.05) is 0 Å². The lowest BCUT2D eigenvalue weighted by molar-refractivity contribution is -0.0227. The highest BCUT2D eigenvalue weighted by atomic mass is 19.3. The molecule has 25 heavy (non-hydrogen) atoms. The first-order chi connectivity index (χ1) is 11.7. The molecule has 1 N–H and O–H groups in total. The molecule has 1 saturated heterocycles. The Morgan fingerprint density at radius 3 is 2.80 bits per heavy atom. The largest absolute Gasteiger partial charge is 0.497 e. The molecule has 138 valence electrons. The molecule has 0 saturated carbocycles. The number of alkyl halides is 2. The number of nitrogens with one attached hydrogen (secondary N) is 1. The number of carbonyl (C=O) groups excluding carboxylic acids is 1. The number of benzene rings is 1. The van der Waals surface area contributed by atoms with Crippen molar-refractivity contribution in [3.05, 3.63) is 23.8 Å². The Morgan fingerprint density at radius 1 is 1.40 bits per heavy atom. The highest BCUT2D eigenvalue weighted by Gasteiger charge is 2.47. The summed E-state index contributed by atoms with van der Waals surface area (Å²) in [7, 11) is 1.56. The van der Waals surface area contributed by atoms with Crippen LogP contribution in [0.5, 0.6) is 11.5 Å². The van der Waals surface area contributed by atoms with Crippen LogP contribution in [0.25, 0.3) is 0 Å². The van der Waals surface area contributed by atoms with E-state index in [0.717, 1.165) is 5.56 Å². The molecule has 2 amide bonds. The molecule has 1 aromatic carbocycles. The molecular formula is C17H22F2N2O4. The lowest BCUT2D eigenvalue weighted by Crippen LogP contribution is -2.53. The van der Waals surface area contributed by atoms with E-state index in [9.17, 15) is 13.6 Å². The van der Waals surface area contributed by atoms with Crippen molar-refractivity contribution in [1.82, 2.24) is 10.2 Å². The van der Waals surface area contributed by atoms with Gasteiger partial charge in [0.1, 0.15) is 29.7 Å². The second-order valence-corrected chi connectivity index (χ2v) is 6.97. The number of amides is 2. The van der Waals surface area contributed by atoms with Gasteiger partial charge in [-0.15, -0.1) is 0 Å². The fraction of sp³-hybridized carbons (Fsp3) is 0.588. The van der Waals surface area contributed by atoms with Crippen molar-refractivity contribution in [2.75, 3.05) is 26.9 Å². The van der Waals surface area contributed by atoms with Crippen LogP contribution in [0.1, 0.15) is 19.4 Å². The lowest BCUT2D eigenvalue weighted by atomic mass is 10.1. The minimum absolute atomic E-state index is 0.194. The number of hydrogen-bond donors (Lipinski definition) is 1. The van der Waals surface area contributed by atoms with E-state index < -0.39 is 30.2 Å². The highest BCUT2D eigenvalue weighted by molar-refractivity contribution is 5.75. The number of halogens is 2. The third kappa shape index (κ3) is 3.78. The SMILES string of the molecule is COc1ccc2c(c1)OC(C)(C)CN(C(=O)NC1COCC1(F)F)C2. The van der Waals surface area contributed by atoms with Crippen molar-refractivity contribution in [2.24, 2.45) is 0 Å². The number of methoxy groups -OCH3 is 1. The van der Waals surface area contributed by atoms with E-state index in [1.807, 2.05) is 19.9 Å². The summed E-state index contributed by atoms with van der Waals surface area (Å²) in [6.45, 7) is 3.34. The predicted octanol–water partition coefficient (Wildman–Crippen LogP) is 2.41. The van der Waals surface area contributed by atoms with E-state index in [4.69, 9.17) is 14.2 Å². The van der Waals surface area contributed by atoms with Gasteiger partial charge in [-0.25, -0.2) is 13.6 Å². The van der Waals surface area contributed by atoms with E-state index in [2.05, 4.69) is 5.32 Å². The number of nitrogens with zero attached hydrogens (tertiary/aromatic N) is 1. The van der Waals surface area contributed by atoms with Crippen LogP contribution in [0.2, 0.25) is 0 Å². The molecule has 1 unspecified atom stereocenters. The first kappa shape index (κ1) is 17.7. The number of fused-ring (bicyclic) bond motifs is 1. The first-order valence-corrected chi connectivity index (χ1v) is 8.07. The Labute approximate surface area is 145 Å². The minimum atomic E-state index is -3.06. The Hall–Kier alpha value is -2.09. The van der Waals surface area contributed by atoms with Gasteiger partial charge in [0.15, 0.2) is 0 Å². The predicted molar refractivity (Wildman–Crippen MR) is 86.2 cm³/mol. The maximum absolute atomic E-state index is 13.7. The fourth-order valence-corrected chi connectivity index (χ4v) is 3.01. The molecule has 1 aromatic rings. The van der Waals surface area contributed by atoms with E-state index in [-0.39, 0.29) is 19.7 Å². The molecule has 6 nitrogen and oxygen atoms in total. The zero-order chi connectivity index (χ0) is 18.2. The number of ether oxygens (including phenoxy) is 3. The first-order valence-electron chi connectivity index (χ1n) is 8.07. The van der Waals surface area contributed by atoms with Crippen LogP contribution in [-0.4, -0.2) is 55.4 Å². The van der Waals surface area contributed by atoms with Gasteiger partial charge in [0.2, 0.25) is 0 Å². The van der Waals surface area contributed by atoms with Crippen LogP contribution in [0.3, 0.4) is 0 Å². The van der Waals surface area contributed by atoms with Crippen molar-refractivity contribution in [1.29, 1.82) is 0 Å². The summed E-state index contributed by atoms with van der Waals surface area (Å²) >= 11 is 0. The van der Waals surface area contributed by atoms with Gasteiger partial charge < -0.3 is 24.4 Å². The van der Waals surface area contributed by atoms with Crippen LogP contribution in [0.15, 0.2) is 18.2 Å². The Bertz CT molecular complexity index is 666. The minimum Gasteiger partial charge on any atom is -0.497 e. The molecule has 2 aliphatic heterocycles. The van der Waals surface area contributed by atoms with Crippen LogP contribution >= 0.6 is 0 Å². The van der Waals surface area contributed by atoms with Gasteiger partial charge in [0.05, 0.1) is 26.8 Å². The maximum Gasteiger partial charge on any atom is 0.318 e. The van der Waals surface area contributed by atoms with Crippen LogP contribution in [0, 0.1) is 0 Å². The Balaban J connectivity index is 1.80. The molecule has 0 radical (unpaired) electrons. The molecule has 2 aliphatic rings. The van der Waals surface area contributed by atoms with Crippen LogP contribution in [0.4, 0.5) is 13.6 Å². The summed E-state index contributed by atoms with van der Waals surface area (Å²) in [6, 6.07) is 3.47. The number of rotatable bonds is 2. The summed E-state index contributed by atoms with van der Waals surface area (Å²) in [5.74, 6) is -1.79. The molecule has 1 atom stereocenters. The highest BCUT2D eigenvalue weighted by Crippen LogP contribution is 2.33. The van der Waals surface area contributed by atoms with Crippen LogP contribution in [-0.2, 0) is 11.3 Å². The van der Waals surface area contributed by atoms with Gasteiger partial charge in [0, 0.05) is 11.6 Å². The molecule has 0 aromatic heterocycles. The maximum atomic E-state index is 13.7. The standard InChI is InChI=1S/C17H22F2N2O4/c1-16(2)9-21(15(22)20-14-8-24-10-17(14,18)19)7-11-4-5-12(23-3)6-13(11)25-16/h4-6,14H,7-10H2,1-3H3,(H,20,22). The van der Waals surface area contributed by atoms with Gasteiger partial charge in [-0.05, 0) is 26.0 Å². The zero-order valence-corrected chi connectivity index (χ0v) is 14.5. The Kier molecular flexibility index (Phi) is 4.49. The van der Waals surface area contributed by atoms with Crippen LogP contribution < -0.4 is 14.8 Å². The van der Waals surface area contributed by atoms with Crippen molar-refractivity contribution < 1.29 is 27.8 Å². The van der Waals surface area contributed by atoms with E-state index in [1.165, 1.54) is 4.90 Å². The molecule has 0 aliphatic carbocycles. The van der Waals surface area contributed by atoms with Crippen molar-refractivity contribution in [2.45, 2.75) is 38.0 Å². The number of hydrogen-bond acceptors (Lipinski definition) is 4. The van der Waals surface area contributed by atoms with E-state index >= 15 is 0 Å². The molecule has 0 bridgehead atoms. The summed E-state index contributed by atoms with van der Waals surface area (Å²) in [5.41, 5.74) is 0.111. The van der Waals surface area contributed by atoms with E-state index in [1.54, 1.807) is 19.2 Å². The monoisotopic (exact) mass is 356 g/mol. The third-order valence-electron chi connectivity index (χ3n) is 4.27. The summed E-state index contributed by atoms with van der Waals surface area (Å²) < 4.78 is 43.4. The van der Waals surface area contributed by atoms with Gasteiger partial charge in [0.25, 0.3) is 5.92 Å². The summed E-state index contributed by atoms with van der Waals surface area (Å²) in [4.78, 5) is 14.0. The normalized spacial score (nSPS) is 24.0. The fourth-order valence-electron chi connectivity index (χ4n) is 3.01. The topological polar surface area (TPSA) is 60.0 Å². The molecule has 3 rings (SSSR count). The summed E-state index contributed by atoms with van der Waals surface area (Å²) in [6.07, 6.45) is 0. The van der Waals surface area contributed by atoms with Gasteiger partial charge >= 0.3 is 6.03 Å². The molecular weight excluding hydrogens is 334 g/mol. The number of carbonyl (C=O) groups is 1. The molecule has 8 heteroatoms. The van der Waals surface area contributed by atoms with Crippen molar-refractivity contribution in [3.8, 4) is 11.5 Å². The second kappa shape index (κ2) is 6.33. The average molecular weight is 356 g/mol. The molecule has 0 spiro atoms. The van der Waals surface area contributed by atoms with E-state index in [0.29, 0.717) is 11.5 Å². The van der Waals surface area contributed by atoms with Gasteiger partial charge in [-0.2, -0.15) is 0 Å². The molecule has 1 fully saturated rings. The van der Waals surface area contributed by atoms with Crippen molar-refractivity contribution >= 4 is 6.03 Å². The quantitative estimate of drug-likeness (QED) is 0.884. The Morgan fingerprint density at radius 2 is 2.16 bits per heavy atom. The average Bonchev–Trinajstić information content (AvgIpc) is 2.78. The smallest absolute Gasteiger partial charge is 0.318 e. The number of urea groups is 1. The van der Waals surface area contributed by atoms with Gasteiger partial charge in [-0.3, -0.25) is 0 Å². The molecule has 2 heterocycles. The van der Waals surface area contributed by atoms with Crippen molar-refractivity contribution in [3.63, 3.8) is 0 Å². The second-order valence-electron chi connectivity index (χ2n) is 6.97. The third-order valence-corrected chi connectivity index (χ3v) is 4.27. The zero-order valence-electron chi connectivity index (χ0n) is 14.5. The lowest BCUT2D eigenvalue weighted by Gasteiger charge is -2.30.